The van der Waals surface area contributed by atoms with Crippen LogP contribution in [0.15, 0.2) is 54.6 Å². The van der Waals surface area contributed by atoms with Crippen molar-refractivity contribution in [3.63, 3.8) is 0 Å². The van der Waals surface area contributed by atoms with E-state index < -0.39 is 34.6 Å². The molecule has 1 N–H and O–H groups in total. The fraction of sp³-hybridized carbons (Fsp3) is 0.581. The third-order valence-corrected chi connectivity index (χ3v) is 8.74. The highest BCUT2D eigenvalue weighted by atomic mass is 16.5. The Morgan fingerprint density at radius 2 is 1.59 bits per heavy atom. The summed E-state index contributed by atoms with van der Waals surface area (Å²) >= 11 is 0. The maximum Gasteiger partial charge on any atom is 0.249 e. The number of carbonyl (C=O) groups is 3. The number of amides is 3. The van der Waals surface area contributed by atoms with Crippen LogP contribution in [0.25, 0.3) is 0 Å². The van der Waals surface area contributed by atoms with Crippen molar-refractivity contribution in [3.8, 4) is 0 Å². The smallest absolute Gasteiger partial charge is 0.249 e. The summed E-state index contributed by atoms with van der Waals surface area (Å²) in [7, 11) is 0. The molecule has 39 heavy (non-hydrogen) atoms. The Bertz CT molecular complexity index is 1170. The molecule has 0 radical (unpaired) electrons. The average Bonchev–Trinajstić information content (AvgIpc) is 3.14. The molecule has 4 aliphatic heterocycles. The number of likely N-dealkylation sites (tertiary alicyclic amines) is 1. The van der Waals surface area contributed by atoms with Gasteiger partial charge in [0.05, 0.1) is 17.4 Å². The Labute approximate surface area is 231 Å². The monoisotopic (exact) mass is 535 g/mol. The number of hydrogen-bond donors (Lipinski definition) is 1. The van der Waals surface area contributed by atoms with Crippen molar-refractivity contribution in [2.75, 3.05) is 31.1 Å². The number of anilines is 1. The number of unbranched alkanes of at least 4 members (excludes halogenated alkanes) is 3. The first-order valence-corrected chi connectivity index (χ1v) is 14.2. The molecule has 0 aromatic heterocycles. The molecule has 2 fully saturated rings. The van der Waals surface area contributed by atoms with Gasteiger partial charge in [-0.05, 0) is 52.7 Å². The first-order chi connectivity index (χ1) is 18.5. The predicted octanol–water partition coefficient (Wildman–Crippen LogP) is 3.31. The zero-order chi connectivity index (χ0) is 28.0. The second-order valence-corrected chi connectivity index (χ2v) is 12.4. The summed E-state index contributed by atoms with van der Waals surface area (Å²) in [6.07, 6.45) is 10.8. The van der Waals surface area contributed by atoms with Gasteiger partial charge in [-0.2, -0.15) is 0 Å². The van der Waals surface area contributed by atoms with E-state index in [0.29, 0.717) is 32.5 Å². The molecule has 210 valence electrons. The van der Waals surface area contributed by atoms with Crippen molar-refractivity contribution >= 4 is 23.4 Å². The van der Waals surface area contributed by atoms with E-state index in [2.05, 4.69) is 0 Å². The van der Waals surface area contributed by atoms with Crippen LogP contribution in [0.2, 0.25) is 0 Å². The first-order valence-electron chi connectivity index (χ1n) is 14.2. The number of para-hydroxylation sites is 1. The van der Waals surface area contributed by atoms with E-state index in [1.807, 2.05) is 87.2 Å². The highest BCUT2D eigenvalue weighted by Crippen LogP contribution is 2.57. The Morgan fingerprint density at radius 3 is 2.28 bits per heavy atom. The summed E-state index contributed by atoms with van der Waals surface area (Å²) in [6, 6.07) is 8.65. The Balaban J connectivity index is 1.57. The minimum atomic E-state index is -1.24. The molecule has 0 bridgehead atoms. The molecule has 1 unspecified atom stereocenters. The van der Waals surface area contributed by atoms with Crippen LogP contribution in [-0.4, -0.2) is 81.7 Å². The molecule has 4 aliphatic rings. The zero-order valence-corrected chi connectivity index (χ0v) is 23.5. The van der Waals surface area contributed by atoms with Gasteiger partial charge in [-0.15, -0.1) is 0 Å². The average molecular weight is 536 g/mol. The van der Waals surface area contributed by atoms with Crippen molar-refractivity contribution in [2.24, 2.45) is 11.8 Å². The summed E-state index contributed by atoms with van der Waals surface area (Å²) in [5, 5.41) is 9.16. The third kappa shape index (κ3) is 4.51. The number of benzene rings is 1. The van der Waals surface area contributed by atoms with E-state index in [9.17, 15) is 14.4 Å². The van der Waals surface area contributed by atoms with E-state index in [1.54, 1.807) is 9.80 Å². The van der Waals surface area contributed by atoms with Gasteiger partial charge in [-0.3, -0.25) is 14.4 Å². The van der Waals surface area contributed by atoms with Gasteiger partial charge in [0, 0.05) is 37.5 Å². The number of aliphatic hydroxyl groups is 1. The quantitative estimate of drug-likeness (QED) is 0.427. The normalized spacial score (nSPS) is 32.3. The summed E-state index contributed by atoms with van der Waals surface area (Å²) in [5.41, 5.74) is -1.95. The number of rotatable bonds is 7. The molecule has 5 atom stereocenters. The summed E-state index contributed by atoms with van der Waals surface area (Å²) in [6.45, 7) is 9.21. The lowest BCUT2D eigenvalue weighted by Gasteiger charge is -2.41. The molecule has 8 nitrogen and oxygen atoms in total. The summed E-state index contributed by atoms with van der Waals surface area (Å²) in [4.78, 5) is 48.2. The van der Waals surface area contributed by atoms with Crippen molar-refractivity contribution in [2.45, 2.75) is 76.2 Å². The Hall–Kier alpha value is -2.97. The van der Waals surface area contributed by atoms with Gasteiger partial charge >= 0.3 is 0 Å². The topological polar surface area (TPSA) is 90.4 Å². The van der Waals surface area contributed by atoms with Gasteiger partial charge in [0.25, 0.3) is 0 Å². The number of nitrogens with zero attached hydrogens (tertiary/aromatic N) is 3. The van der Waals surface area contributed by atoms with E-state index in [4.69, 9.17) is 9.84 Å². The standard InChI is InChI=1S/C31H41N3O5/c1-29(2,3)34-20-13-17-31-24(27(37)33(25(31)28(34)38)18-10-5-6-11-21-35)23-26(36)32(22-14-8-7-9-15-22)19-12-16-30(23,4)39-31/h7-9,12-17,23-25,35H,5-6,10-11,18-21H2,1-4H3/t23-,24+,25?,30+,31+/m1/s1. The molecule has 3 amide bonds. The fourth-order valence-electron chi connectivity index (χ4n) is 6.95. The molecular formula is C31H41N3O5. The lowest BCUT2D eigenvalue weighted by molar-refractivity contribution is -0.154. The van der Waals surface area contributed by atoms with Gasteiger partial charge in [-0.25, -0.2) is 0 Å². The largest absolute Gasteiger partial charge is 0.396 e. The van der Waals surface area contributed by atoms with Gasteiger partial charge in [0.2, 0.25) is 17.7 Å². The highest BCUT2D eigenvalue weighted by molar-refractivity contribution is 6.04. The molecule has 5 rings (SSSR count). The van der Waals surface area contributed by atoms with Crippen molar-refractivity contribution in [3.05, 3.63) is 54.6 Å². The van der Waals surface area contributed by atoms with E-state index in [-0.39, 0.29) is 24.3 Å². The Morgan fingerprint density at radius 1 is 0.897 bits per heavy atom. The molecule has 1 aromatic carbocycles. The second-order valence-electron chi connectivity index (χ2n) is 12.4. The van der Waals surface area contributed by atoms with E-state index in [0.717, 1.165) is 18.5 Å². The van der Waals surface area contributed by atoms with Crippen LogP contribution in [0, 0.1) is 11.8 Å². The van der Waals surface area contributed by atoms with Crippen LogP contribution in [0.3, 0.4) is 0 Å². The van der Waals surface area contributed by atoms with Crippen LogP contribution in [-0.2, 0) is 19.1 Å². The number of carbonyl (C=O) groups excluding carboxylic acids is 3. The van der Waals surface area contributed by atoms with E-state index >= 15 is 0 Å². The van der Waals surface area contributed by atoms with Gasteiger partial charge in [-0.1, -0.05) is 55.3 Å². The van der Waals surface area contributed by atoms with Gasteiger partial charge in [0.1, 0.15) is 11.6 Å². The molecule has 8 heteroatoms. The minimum Gasteiger partial charge on any atom is -0.396 e. The molecule has 2 saturated heterocycles. The highest BCUT2D eigenvalue weighted by Gasteiger charge is 2.74. The second kappa shape index (κ2) is 10.2. The fourth-order valence-corrected chi connectivity index (χ4v) is 6.95. The van der Waals surface area contributed by atoms with Crippen LogP contribution in [0.1, 0.15) is 53.4 Å². The lowest BCUT2D eigenvalue weighted by Crippen LogP contribution is -2.59. The van der Waals surface area contributed by atoms with Crippen molar-refractivity contribution < 1.29 is 24.2 Å². The summed E-state index contributed by atoms with van der Waals surface area (Å²) in [5.74, 6) is -2.09. The molecular weight excluding hydrogens is 494 g/mol. The zero-order valence-electron chi connectivity index (χ0n) is 23.5. The first kappa shape index (κ1) is 27.6. The Kier molecular flexibility index (Phi) is 7.22. The number of ether oxygens (including phenoxy) is 1. The number of hydrogen-bond acceptors (Lipinski definition) is 5. The van der Waals surface area contributed by atoms with Crippen LogP contribution >= 0.6 is 0 Å². The SMILES string of the molecule is CC(C)(C)N1CC=C[C@]23O[C@@]4(C)C=CCN(c5ccccc5)C(=O)[C@H]4[C@H]2C(=O)N(CCCCCCO)C3C1=O. The van der Waals surface area contributed by atoms with Gasteiger partial charge < -0.3 is 24.5 Å². The predicted molar refractivity (Wildman–Crippen MR) is 149 cm³/mol. The van der Waals surface area contributed by atoms with Gasteiger partial charge in [0.15, 0.2) is 0 Å². The molecule has 0 aliphatic carbocycles. The minimum absolute atomic E-state index is 0.141. The molecule has 1 aromatic rings. The van der Waals surface area contributed by atoms with Crippen LogP contribution in [0.4, 0.5) is 5.69 Å². The van der Waals surface area contributed by atoms with Crippen molar-refractivity contribution in [1.82, 2.24) is 9.80 Å². The maximum atomic E-state index is 14.4. The maximum absolute atomic E-state index is 14.4. The summed E-state index contributed by atoms with van der Waals surface area (Å²) < 4.78 is 6.90. The van der Waals surface area contributed by atoms with Crippen molar-refractivity contribution in [1.29, 1.82) is 0 Å². The number of aliphatic hydroxyl groups excluding tert-OH is 1. The molecule has 4 heterocycles. The lowest BCUT2D eigenvalue weighted by atomic mass is 9.74. The molecule has 1 spiro atoms. The third-order valence-electron chi connectivity index (χ3n) is 8.74. The number of fused-ring (bicyclic) bond motifs is 2. The van der Waals surface area contributed by atoms with E-state index in [1.165, 1.54) is 0 Å². The van der Waals surface area contributed by atoms with Crippen LogP contribution in [0.5, 0.6) is 0 Å². The van der Waals surface area contributed by atoms with Crippen LogP contribution < -0.4 is 4.90 Å². The molecule has 0 saturated carbocycles.